The van der Waals surface area contributed by atoms with Crippen LogP contribution in [0, 0.1) is 5.92 Å². The maximum Gasteiger partial charge on any atom is 0.416 e. The normalized spacial score (nSPS) is 17.5. The van der Waals surface area contributed by atoms with Gasteiger partial charge in [0.05, 0.1) is 19.2 Å². The molecule has 0 aromatic heterocycles. The SMILES string of the molecule is CCC(C)C(NC(=O)CN1CCN(c2cccc(C(F)(F)F)c2)CC1)C(=O)OC. The topological polar surface area (TPSA) is 61.9 Å². The number of benzene rings is 1. The van der Waals surface area contributed by atoms with E-state index < -0.39 is 23.8 Å². The molecule has 0 spiro atoms. The van der Waals surface area contributed by atoms with Gasteiger partial charge in [-0.05, 0) is 24.1 Å². The van der Waals surface area contributed by atoms with Gasteiger partial charge in [-0.2, -0.15) is 13.2 Å². The number of esters is 1. The van der Waals surface area contributed by atoms with E-state index in [1.165, 1.54) is 13.2 Å². The van der Waals surface area contributed by atoms with E-state index in [2.05, 4.69) is 5.32 Å². The molecule has 1 saturated heterocycles. The number of nitrogens with one attached hydrogen (secondary N) is 1. The zero-order valence-corrected chi connectivity index (χ0v) is 17.0. The quantitative estimate of drug-likeness (QED) is 0.694. The van der Waals surface area contributed by atoms with E-state index in [4.69, 9.17) is 4.74 Å². The van der Waals surface area contributed by atoms with E-state index in [0.29, 0.717) is 31.9 Å². The summed E-state index contributed by atoms with van der Waals surface area (Å²) in [6.07, 6.45) is -3.66. The number of piperazine rings is 1. The van der Waals surface area contributed by atoms with Crippen molar-refractivity contribution in [3.8, 4) is 0 Å². The molecule has 1 aromatic carbocycles. The maximum atomic E-state index is 12.9. The van der Waals surface area contributed by atoms with Gasteiger partial charge in [0.15, 0.2) is 0 Å². The summed E-state index contributed by atoms with van der Waals surface area (Å²) in [5.41, 5.74) is -0.151. The molecule has 0 radical (unpaired) electrons. The summed E-state index contributed by atoms with van der Waals surface area (Å²) in [5.74, 6) is -0.792. The summed E-state index contributed by atoms with van der Waals surface area (Å²) in [4.78, 5) is 28.1. The van der Waals surface area contributed by atoms with Gasteiger partial charge in [-0.3, -0.25) is 9.69 Å². The van der Waals surface area contributed by atoms with Crippen molar-refractivity contribution in [2.75, 3.05) is 44.7 Å². The first kappa shape index (κ1) is 23.0. The first-order valence-corrected chi connectivity index (χ1v) is 9.67. The number of ether oxygens (including phenoxy) is 1. The molecule has 1 heterocycles. The monoisotopic (exact) mass is 415 g/mol. The van der Waals surface area contributed by atoms with Crippen molar-refractivity contribution in [3.63, 3.8) is 0 Å². The molecule has 2 unspecified atom stereocenters. The predicted molar refractivity (Wildman–Crippen MR) is 103 cm³/mol. The molecule has 1 aliphatic heterocycles. The zero-order valence-electron chi connectivity index (χ0n) is 17.0. The number of halogens is 3. The highest BCUT2D eigenvalue weighted by Gasteiger charge is 2.31. The van der Waals surface area contributed by atoms with E-state index in [-0.39, 0.29) is 18.4 Å². The third kappa shape index (κ3) is 6.35. The van der Waals surface area contributed by atoms with Crippen molar-refractivity contribution >= 4 is 17.6 Å². The van der Waals surface area contributed by atoms with Crippen LogP contribution in [0.1, 0.15) is 25.8 Å². The summed E-state index contributed by atoms with van der Waals surface area (Å²) in [5, 5.41) is 2.74. The lowest BCUT2D eigenvalue weighted by Gasteiger charge is -2.36. The van der Waals surface area contributed by atoms with Gasteiger partial charge in [0.25, 0.3) is 0 Å². The number of hydrogen-bond acceptors (Lipinski definition) is 5. The van der Waals surface area contributed by atoms with Crippen LogP contribution in [-0.4, -0.2) is 62.7 Å². The molecule has 2 atom stereocenters. The van der Waals surface area contributed by atoms with Crippen molar-refractivity contribution in [2.45, 2.75) is 32.5 Å². The van der Waals surface area contributed by atoms with Gasteiger partial charge in [0, 0.05) is 31.9 Å². The molecular formula is C20H28F3N3O3. The highest BCUT2D eigenvalue weighted by Crippen LogP contribution is 2.31. The molecular weight excluding hydrogens is 387 g/mol. The Hall–Kier alpha value is -2.29. The Labute approximate surface area is 169 Å². The fraction of sp³-hybridized carbons (Fsp3) is 0.600. The Morgan fingerprint density at radius 1 is 1.21 bits per heavy atom. The molecule has 0 saturated carbocycles. The molecule has 1 aliphatic rings. The van der Waals surface area contributed by atoms with Crippen LogP contribution >= 0.6 is 0 Å². The molecule has 1 N–H and O–H groups in total. The zero-order chi connectivity index (χ0) is 21.6. The molecule has 1 amide bonds. The molecule has 9 heteroatoms. The summed E-state index contributed by atoms with van der Waals surface area (Å²) >= 11 is 0. The third-order valence-corrected chi connectivity index (χ3v) is 5.26. The van der Waals surface area contributed by atoms with E-state index in [0.717, 1.165) is 18.6 Å². The van der Waals surface area contributed by atoms with Gasteiger partial charge in [-0.15, -0.1) is 0 Å². The summed E-state index contributed by atoms with van der Waals surface area (Å²) in [7, 11) is 1.29. The van der Waals surface area contributed by atoms with Crippen LogP contribution in [0.2, 0.25) is 0 Å². The molecule has 0 aliphatic carbocycles. The van der Waals surface area contributed by atoms with Crippen LogP contribution in [0.4, 0.5) is 18.9 Å². The number of rotatable bonds is 7. The number of carbonyl (C=O) groups is 2. The van der Waals surface area contributed by atoms with Gasteiger partial charge in [-0.25, -0.2) is 4.79 Å². The van der Waals surface area contributed by atoms with Gasteiger partial charge < -0.3 is 15.0 Å². The molecule has 1 aromatic rings. The summed E-state index contributed by atoms with van der Waals surface area (Å²) in [6, 6.07) is 4.57. The molecule has 2 rings (SSSR count). The maximum absolute atomic E-state index is 12.9. The Morgan fingerprint density at radius 3 is 2.41 bits per heavy atom. The minimum Gasteiger partial charge on any atom is -0.467 e. The Bertz CT molecular complexity index is 704. The predicted octanol–water partition coefficient (Wildman–Crippen LogP) is 2.53. The van der Waals surface area contributed by atoms with Crippen LogP contribution in [0.3, 0.4) is 0 Å². The van der Waals surface area contributed by atoms with Crippen LogP contribution in [0.25, 0.3) is 0 Å². The van der Waals surface area contributed by atoms with Crippen molar-refractivity contribution in [2.24, 2.45) is 5.92 Å². The fourth-order valence-electron chi connectivity index (χ4n) is 3.26. The van der Waals surface area contributed by atoms with Gasteiger partial charge in [0.2, 0.25) is 5.91 Å². The Kier molecular flexibility index (Phi) is 7.89. The smallest absolute Gasteiger partial charge is 0.416 e. The average molecular weight is 415 g/mol. The average Bonchev–Trinajstić information content (AvgIpc) is 2.71. The Balaban J connectivity index is 1.89. The lowest BCUT2D eigenvalue weighted by Crippen LogP contribution is -2.52. The first-order chi connectivity index (χ1) is 13.7. The van der Waals surface area contributed by atoms with Crippen LogP contribution in [0.5, 0.6) is 0 Å². The molecule has 162 valence electrons. The largest absolute Gasteiger partial charge is 0.467 e. The second-order valence-corrected chi connectivity index (χ2v) is 7.27. The number of alkyl halides is 3. The van der Waals surface area contributed by atoms with Crippen LogP contribution < -0.4 is 10.2 Å². The number of anilines is 1. The summed E-state index contributed by atoms with van der Waals surface area (Å²) in [6.45, 7) is 6.03. The van der Waals surface area contributed by atoms with Gasteiger partial charge in [0.1, 0.15) is 6.04 Å². The van der Waals surface area contributed by atoms with Crippen molar-refractivity contribution in [3.05, 3.63) is 29.8 Å². The van der Waals surface area contributed by atoms with Crippen LogP contribution in [-0.2, 0) is 20.5 Å². The lowest BCUT2D eigenvalue weighted by molar-refractivity contribution is -0.146. The van der Waals surface area contributed by atoms with Crippen LogP contribution in [0.15, 0.2) is 24.3 Å². The number of nitrogens with zero attached hydrogens (tertiary/aromatic N) is 2. The molecule has 1 fully saturated rings. The summed E-state index contributed by atoms with van der Waals surface area (Å²) < 4.78 is 43.5. The van der Waals surface area contributed by atoms with Crippen molar-refractivity contribution in [1.29, 1.82) is 0 Å². The molecule has 6 nitrogen and oxygen atoms in total. The second-order valence-electron chi connectivity index (χ2n) is 7.27. The highest BCUT2D eigenvalue weighted by atomic mass is 19.4. The fourth-order valence-corrected chi connectivity index (χ4v) is 3.26. The Morgan fingerprint density at radius 2 is 1.86 bits per heavy atom. The highest BCUT2D eigenvalue weighted by molar-refractivity contribution is 5.85. The minimum atomic E-state index is -4.37. The second kappa shape index (κ2) is 9.96. The number of carbonyl (C=O) groups excluding carboxylic acids is 2. The van der Waals surface area contributed by atoms with Gasteiger partial charge >= 0.3 is 12.1 Å². The first-order valence-electron chi connectivity index (χ1n) is 9.67. The van der Waals surface area contributed by atoms with Gasteiger partial charge in [-0.1, -0.05) is 26.3 Å². The minimum absolute atomic E-state index is 0.0517. The number of methoxy groups -OCH3 is 1. The van der Waals surface area contributed by atoms with E-state index >= 15 is 0 Å². The van der Waals surface area contributed by atoms with E-state index in [1.807, 2.05) is 23.6 Å². The standard InChI is InChI=1S/C20H28F3N3O3/c1-4-14(2)18(19(28)29-3)24-17(27)13-25-8-10-26(11-9-25)16-7-5-6-15(12-16)20(21,22)23/h5-7,12,14,18H,4,8-11,13H2,1-3H3,(H,24,27). The van der Waals surface area contributed by atoms with Crippen molar-refractivity contribution in [1.82, 2.24) is 10.2 Å². The van der Waals surface area contributed by atoms with E-state index in [1.54, 1.807) is 6.07 Å². The molecule has 0 bridgehead atoms. The van der Waals surface area contributed by atoms with E-state index in [9.17, 15) is 22.8 Å². The third-order valence-electron chi connectivity index (χ3n) is 5.26. The van der Waals surface area contributed by atoms with Crippen molar-refractivity contribution < 1.29 is 27.5 Å². The number of amides is 1. The lowest BCUT2D eigenvalue weighted by atomic mass is 9.99. The molecule has 29 heavy (non-hydrogen) atoms. The number of hydrogen-bond donors (Lipinski definition) is 1.